The summed E-state index contributed by atoms with van der Waals surface area (Å²) in [7, 11) is 0. The zero-order valence-electron chi connectivity index (χ0n) is 7.30. The molecule has 0 unspecified atom stereocenters. The first-order valence-corrected chi connectivity index (χ1v) is 4.73. The van der Waals surface area contributed by atoms with Crippen molar-refractivity contribution in [3.05, 3.63) is 34.4 Å². The van der Waals surface area contributed by atoms with Crippen molar-refractivity contribution in [2.45, 2.75) is 0 Å². The molecule has 0 aliphatic carbocycles. The van der Waals surface area contributed by atoms with Crippen molar-refractivity contribution >= 4 is 21.9 Å². The summed E-state index contributed by atoms with van der Waals surface area (Å²) in [6.45, 7) is 0. The lowest BCUT2D eigenvalue weighted by molar-refractivity contribution is 0.554. The van der Waals surface area contributed by atoms with Gasteiger partial charge in [0.1, 0.15) is 11.6 Å². The fraction of sp³-hybridized carbons (Fsp3) is 0. The van der Waals surface area contributed by atoms with Gasteiger partial charge in [0.25, 0.3) is 6.01 Å². The van der Waals surface area contributed by atoms with Crippen LogP contribution in [0.4, 0.5) is 14.8 Å². The molecule has 2 rings (SSSR count). The lowest BCUT2D eigenvalue weighted by atomic mass is 10.1. The standard InChI is InChI=1S/C9H5BrF2N2O/c10-4-1-5(11)8(6(12)2-4)7-3-14-9(13)15-7/h1-3H,(H2,13,14). The van der Waals surface area contributed by atoms with E-state index in [1.165, 1.54) is 6.20 Å². The Kier molecular flexibility index (Phi) is 2.44. The summed E-state index contributed by atoms with van der Waals surface area (Å²) < 4.78 is 32.0. The van der Waals surface area contributed by atoms with E-state index in [9.17, 15) is 8.78 Å². The lowest BCUT2D eigenvalue weighted by Crippen LogP contribution is -1.89. The van der Waals surface area contributed by atoms with Crippen molar-refractivity contribution in [3.63, 3.8) is 0 Å². The van der Waals surface area contributed by atoms with Gasteiger partial charge < -0.3 is 10.2 Å². The van der Waals surface area contributed by atoms with Gasteiger partial charge in [-0.15, -0.1) is 0 Å². The minimum absolute atomic E-state index is 0.0324. The number of hydrogen-bond donors (Lipinski definition) is 1. The maximum atomic E-state index is 13.4. The van der Waals surface area contributed by atoms with Gasteiger partial charge in [-0.25, -0.2) is 13.8 Å². The Hall–Kier alpha value is -1.43. The smallest absolute Gasteiger partial charge is 0.292 e. The molecule has 0 fully saturated rings. The molecule has 0 aliphatic heterocycles. The summed E-state index contributed by atoms with van der Waals surface area (Å²) in [6, 6.07) is 2.14. The molecule has 0 atom stereocenters. The van der Waals surface area contributed by atoms with Crippen molar-refractivity contribution in [1.82, 2.24) is 4.98 Å². The molecule has 0 amide bonds. The van der Waals surface area contributed by atoms with E-state index in [0.717, 1.165) is 12.1 Å². The minimum atomic E-state index is -0.738. The van der Waals surface area contributed by atoms with Crippen LogP contribution >= 0.6 is 15.9 Å². The van der Waals surface area contributed by atoms with Gasteiger partial charge in [-0.1, -0.05) is 15.9 Å². The van der Waals surface area contributed by atoms with Crippen molar-refractivity contribution in [2.24, 2.45) is 0 Å². The summed E-state index contributed by atoms with van der Waals surface area (Å²) >= 11 is 2.97. The Labute approximate surface area is 92.0 Å². The van der Waals surface area contributed by atoms with E-state index in [2.05, 4.69) is 20.9 Å². The topological polar surface area (TPSA) is 52.0 Å². The van der Waals surface area contributed by atoms with E-state index in [1.54, 1.807) is 0 Å². The van der Waals surface area contributed by atoms with E-state index in [4.69, 9.17) is 10.2 Å². The first kappa shape index (κ1) is 10.1. The normalized spacial score (nSPS) is 10.6. The van der Waals surface area contributed by atoms with Crippen molar-refractivity contribution in [3.8, 4) is 11.3 Å². The lowest BCUT2D eigenvalue weighted by Gasteiger charge is -2.01. The number of halogens is 3. The van der Waals surface area contributed by atoms with Gasteiger partial charge in [-0.2, -0.15) is 0 Å². The average molecular weight is 275 g/mol. The van der Waals surface area contributed by atoms with Crippen LogP contribution in [-0.4, -0.2) is 4.98 Å². The van der Waals surface area contributed by atoms with Crippen molar-refractivity contribution in [2.75, 3.05) is 5.73 Å². The summed E-state index contributed by atoms with van der Waals surface area (Å²) in [4.78, 5) is 3.56. The molecule has 0 radical (unpaired) electrons. The third-order valence-corrected chi connectivity index (χ3v) is 2.23. The van der Waals surface area contributed by atoms with Crippen LogP contribution < -0.4 is 5.73 Å². The number of aromatic nitrogens is 1. The molecular weight excluding hydrogens is 270 g/mol. The van der Waals surface area contributed by atoms with E-state index in [1.807, 2.05) is 0 Å². The number of benzene rings is 1. The predicted octanol–water partition coefficient (Wildman–Crippen LogP) is 2.96. The number of nitrogens with two attached hydrogens (primary N) is 1. The number of oxazole rings is 1. The zero-order chi connectivity index (χ0) is 11.0. The highest BCUT2D eigenvalue weighted by atomic mass is 79.9. The average Bonchev–Trinajstić information content (AvgIpc) is 2.49. The van der Waals surface area contributed by atoms with Crippen LogP contribution in [0.25, 0.3) is 11.3 Å². The van der Waals surface area contributed by atoms with Crippen LogP contribution in [0.1, 0.15) is 0 Å². The predicted molar refractivity (Wildman–Crippen MR) is 54.0 cm³/mol. The summed E-state index contributed by atoms with van der Waals surface area (Å²) in [6.07, 6.45) is 1.17. The third kappa shape index (κ3) is 1.85. The summed E-state index contributed by atoms with van der Waals surface area (Å²) in [5.74, 6) is -1.51. The van der Waals surface area contributed by atoms with Gasteiger partial charge >= 0.3 is 0 Å². The second-order valence-corrected chi connectivity index (χ2v) is 3.72. The SMILES string of the molecule is Nc1ncc(-c2c(F)cc(Br)cc2F)o1. The Morgan fingerprint density at radius 3 is 2.33 bits per heavy atom. The summed E-state index contributed by atoms with van der Waals surface area (Å²) in [5, 5.41) is 0. The van der Waals surface area contributed by atoms with Gasteiger partial charge in [0.2, 0.25) is 0 Å². The van der Waals surface area contributed by atoms with E-state index in [-0.39, 0.29) is 17.3 Å². The highest BCUT2D eigenvalue weighted by molar-refractivity contribution is 9.10. The largest absolute Gasteiger partial charge is 0.424 e. The molecule has 6 heteroatoms. The van der Waals surface area contributed by atoms with E-state index < -0.39 is 11.6 Å². The fourth-order valence-electron chi connectivity index (χ4n) is 1.18. The third-order valence-electron chi connectivity index (χ3n) is 1.78. The first-order valence-electron chi connectivity index (χ1n) is 3.94. The molecule has 3 nitrogen and oxygen atoms in total. The Balaban J connectivity index is 2.62. The second kappa shape index (κ2) is 3.62. The molecule has 0 saturated heterocycles. The van der Waals surface area contributed by atoms with Crippen LogP contribution in [0.3, 0.4) is 0 Å². The van der Waals surface area contributed by atoms with Crippen LogP contribution in [0.2, 0.25) is 0 Å². The van der Waals surface area contributed by atoms with E-state index in [0.29, 0.717) is 4.47 Å². The van der Waals surface area contributed by atoms with E-state index >= 15 is 0 Å². The van der Waals surface area contributed by atoms with Gasteiger partial charge in [0.05, 0.1) is 11.8 Å². The number of hydrogen-bond acceptors (Lipinski definition) is 3. The molecule has 2 aromatic rings. The monoisotopic (exact) mass is 274 g/mol. The Bertz CT molecular complexity index is 490. The highest BCUT2D eigenvalue weighted by Crippen LogP contribution is 2.29. The molecule has 2 N–H and O–H groups in total. The van der Waals surface area contributed by atoms with Crippen molar-refractivity contribution < 1.29 is 13.2 Å². The molecule has 1 heterocycles. The molecule has 15 heavy (non-hydrogen) atoms. The zero-order valence-corrected chi connectivity index (χ0v) is 8.88. The maximum absolute atomic E-state index is 13.4. The molecular formula is C9H5BrF2N2O. The minimum Gasteiger partial charge on any atom is -0.424 e. The van der Waals surface area contributed by atoms with Crippen LogP contribution in [0.5, 0.6) is 0 Å². The number of nitrogen functional groups attached to an aromatic ring is 1. The molecule has 0 spiro atoms. The number of rotatable bonds is 1. The van der Waals surface area contributed by atoms with Gasteiger partial charge in [-0.05, 0) is 12.1 Å². The quantitative estimate of drug-likeness (QED) is 0.870. The number of nitrogens with zero attached hydrogens (tertiary/aromatic N) is 1. The van der Waals surface area contributed by atoms with Gasteiger partial charge in [0, 0.05) is 4.47 Å². The fourth-order valence-corrected chi connectivity index (χ4v) is 1.58. The molecule has 0 bridgehead atoms. The maximum Gasteiger partial charge on any atom is 0.292 e. The molecule has 1 aromatic carbocycles. The first-order chi connectivity index (χ1) is 7.08. The molecule has 0 aliphatic rings. The second-order valence-electron chi connectivity index (χ2n) is 2.81. The van der Waals surface area contributed by atoms with Crippen LogP contribution in [-0.2, 0) is 0 Å². The van der Waals surface area contributed by atoms with Crippen molar-refractivity contribution in [1.29, 1.82) is 0 Å². The Morgan fingerprint density at radius 1 is 1.27 bits per heavy atom. The van der Waals surface area contributed by atoms with Crippen LogP contribution in [0.15, 0.2) is 27.2 Å². The van der Waals surface area contributed by atoms with Gasteiger partial charge in [-0.3, -0.25) is 0 Å². The Morgan fingerprint density at radius 2 is 1.87 bits per heavy atom. The molecule has 1 aromatic heterocycles. The highest BCUT2D eigenvalue weighted by Gasteiger charge is 2.16. The van der Waals surface area contributed by atoms with Crippen LogP contribution in [0, 0.1) is 11.6 Å². The number of anilines is 1. The summed E-state index contributed by atoms with van der Waals surface area (Å²) in [5.41, 5.74) is 4.94. The molecule has 78 valence electrons. The van der Waals surface area contributed by atoms with Gasteiger partial charge in [0.15, 0.2) is 5.76 Å². The molecule has 0 saturated carbocycles.